The zero-order chi connectivity index (χ0) is 14.9. The minimum atomic E-state index is -2.89. The summed E-state index contributed by atoms with van der Waals surface area (Å²) in [5.74, 6) is -7.10. The van der Waals surface area contributed by atoms with Gasteiger partial charge in [-0.15, -0.1) is 0 Å². The molecule has 0 spiro atoms. The van der Waals surface area contributed by atoms with Crippen LogP contribution in [-0.2, 0) is 6.42 Å². The summed E-state index contributed by atoms with van der Waals surface area (Å²) < 4.78 is 55.2. The van der Waals surface area contributed by atoms with E-state index in [2.05, 4.69) is 0 Å². The molecule has 1 aromatic carbocycles. The second kappa shape index (κ2) is 6.21. The SMILES string of the molecule is Oc1c2c(c(SC(F)F)c(O)c1SC(F)F)OCCC2. The van der Waals surface area contributed by atoms with Crippen molar-refractivity contribution in [3.8, 4) is 17.2 Å². The molecule has 1 aromatic rings. The summed E-state index contributed by atoms with van der Waals surface area (Å²) in [6.45, 7) is 0.254. The number of phenols is 2. The quantitative estimate of drug-likeness (QED) is 0.644. The van der Waals surface area contributed by atoms with Crippen molar-refractivity contribution in [3.63, 3.8) is 0 Å². The van der Waals surface area contributed by atoms with E-state index in [1.54, 1.807) is 0 Å². The van der Waals surface area contributed by atoms with E-state index in [-0.39, 0.29) is 46.3 Å². The number of alkyl halides is 4. The summed E-state index contributed by atoms with van der Waals surface area (Å²) in [5.41, 5.74) is 0.181. The predicted octanol–water partition coefficient (Wildman–Crippen LogP) is 4.05. The number of fused-ring (bicyclic) bond motifs is 1. The van der Waals surface area contributed by atoms with Crippen LogP contribution >= 0.6 is 23.5 Å². The van der Waals surface area contributed by atoms with Crippen LogP contribution in [0.5, 0.6) is 17.2 Å². The van der Waals surface area contributed by atoms with Gasteiger partial charge in [-0.1, -0.05) is 0 Å². The van der Waals surface area contributed by atoms with Gasteiger partial charge in [0.15, 0.2) is 5.75 Å². The molecule has 9 heteroatoms. The molecule has 0 saturated heterocycles. The van der Waals surface area contributed by atoms with Crippen LogP contribution in [0.1, 0.15) is 12.0 Å². The monoisotopic (exact) mass is 330 g/mol. The standard InChI is InChI=1S/C11H10F4O3S2/c12-10(13)19-8-5(16)4-2-1-3-18-7(4)9(6(8)17)20-11(14)15/h10-11,16-17H,1-3H2. The molecule has 2 rings (SSSR count). The van der Waals surface area contributed by atoms with Crippen molar-refractivity contribution >= 4 is 23.5 Å². The van der Waals surface area contributed by atoms with E-state index in [4.69, 9.17) is 4.74 Å². The summed E-state index contributed by atoms with van der Waals surface area (Å²) in [6.07, 6.45) is 0.845. The molecule has 20 heavy (non-hydrogen) atoms. The first-order chi connectivity index (χ1) is 9.41. The fourth-order valence-electron chi connectivity index (χ4n) is 1.91. The maximum absolute atomic E-state index is 12.5. The van der Waals surface area contributed by atoms with Crippen molar-refractivity contribution in [2.24, 2.45) is 0 Å². The second-order valence-corrected chi connectivity index (χ2v) is 5.87. The van der Waals surface area contributed by atoms with Gasteiger partial charge in [-0.3, -0.25) is 0 Å². The molecule has 2 N–H and O–H groups in total. The zero-order valence-electron chi connectivity index (χ0n) is 9.91. The smallest absolute Gasteiger partial charge is 0.289 e. The summed E-state index contributed by atoms with van der Waals surface area (Å²) in [5, 5.41) is 19.8. The van der Waals surface area contributed by atoms with E-state index >= 15 is 0 Å². The van der Waals surface area contributed by atoms with Gasteiger partial charge < -0.3 is 14.9 Å². The molecule has 0 aromatic heterocycles. The number of aromatic hydroxyl groups is 2. The lowest BCUT2D eigenvalue weighted by molar-refractivity contribution is 0.247. The molecule has 0 unspecified atom stereocenters. The van der Waals surface area contributed by atoms with Crippen LogP contribution in [0.25, 0.3) is 0 Å². The van der Waals surface area contributed by atoms with Gasteiger partial charge >= 0.3 is 0 Å². The Morgan fingerprint density at radius 2 is 1.55 bits per heavy atom. The largest absolute Gasteiger partial charge is 0.506 e. The Kier molecular flexibility index (Phi) is 4.79. The lowest BCUT2D eigenvalue weighted by Gasteiger charge is -2.24. The minimum absolute atomic E-state index is 0.0120. The topological polar surface area (TPSA) is 49.7 Å². The van der Waals surface area contributed by atoms with Crippen molar-refractivity contribution in [1.29, 1.82) is 0 Å². The average Bonchev–Trinajstić information content (AvgIpc) is 2.39. The highest BCUT2D eigenvalue weighted by atomic mass is 32.2. The number of halogens is 4. The summed E-state index contributed by atoms with van der Waals surface area (Å²) >= 11 is -0.0694. The van der Waals surface area contributed by atoms with Crippen molar-refractivity contribution in [2.45, 2.75) is 34.1 Å². The average molecular weight is 330 g/mol. The number of hydrogen-bond donors (Lipinski definition) is 2. The van der Waals surface area contributed by atoms with Crippen LogP contribution in [0.3, 0.4) is 0 Å². The summed E-state index contributed by atoms with van der Waals surface area (Å²) in [7, 11) is 0. The third-order valence-electron chi connectivity index (χ3n) is 2.64. The van der Waals surface area contributed by atoms with Gasteiger partial charge in [-0.25, -0.2) is 0 Å². The maximum Gasteiger partial charge on any atom is 0.289 e. The Balaban J connectivity index is 2.58. The molecule has 3 nitrogen and oxygen atoms in total. The molecular weight excluding hydrogens is 320 g/mol. The van der Waals surface area contributed by atoms with E-state index in [0.29, 0.717) is 12.8 Å². The molecule has 1 heterocycles. The number of hydrogen-bond acceptors (Lipinski definition) is 5. The van der Waals surface area contributed by atoms with Crippen molar-refractivity contribution in [2.75, 3.05) is 6.61 Å². The molecule has 0 atom stereocenters. The third kappa shape index (κ3) is 3.03. The molecule has 0 saturated carbocycles. The molecule has 0 fully saturated rings. The lowest BCUT2D eigenvalue weighted by Crippen LogP contribution is -2.10. The van der Waals surface area contributed by atoms with E-state index in [1.807, 2.05) is 0 Å². The van der Waals surface area contributed by atoms with E-state index in [9.17, 15) is 27.8 Å². The van der Waals surface area contributed by atoms with Gasteiger partial charge in [0.1, 0.15) is 11.5 Å². The van der Waals surface area contributed by atoms with Crippen LogP contribution in [0, 0.1) is 0 Å². The van der Waals surface area contributed by atoms with Crippen molar-refractivity contribution in [3.05, 3.63) is 5.56 Å². The number of benzene rings is 1. The van der Waals surface area contributed by atoms with Crippen molar-refractivity contribution < 1.29 is 32.5 Å². The predicted molar refractivity (Wildman–Crippen MR) is 67.3 cm³/mol. The fourth-order valence-corrected chi connectivity index (χ4v) is 3.28. The van der Waals surface area contributed by atoms with E-state index in [1.165, 1.54) is 0 Å². The molecule has 0 bridgehead atoms. The number of thioether (sulfide) groups is 2. The van der Waals surface area contributed by atoms with Crippen molar-refractivity contribution in [1.82, 2.24) is 0 Å². The zero-order valence-corrected chi connectivity index (χ0v) is 11.5. The molecule has 0 radical (unpaired) electrons. The fraction of sp³-hybridized carbons (Fsp3) is 0.455. The van der Waals surface area contributed by atoms with Gasteiger partial charge in [0.25, 0.3) is 11.5 Å². The third-order valence-corrected chi connectivity index (χ3v) is 4.24. The first-order valence-corrected chi connectivity index (χ1v) is 7.31. The molecule has 1 aliphatic heterocycles. The molecule has 1 aliphatic rings. The Bertz CT molecular complexity index is 511. The minimum Gasteiger partial charge on any atom is -0.506 e. The first-order valence-electron chi connectivity index (χ1n) is 5.55. The molecule has 112 valence electrons. The normalized spacial score (nSPS) is 14.5. The maximum atomic E-state index is 12.5. The van der Waals surface area contributed by atoms with Gasteiger partial charge in [-0.05, 0) is 36.4 Å². The molecule has 0 aliphatic carbocycles. The van der Waals surface area contributed by atoms with Gasteiger partial charge in [0.2, 0.25) is 0 Å². The highest BCUT2D eigenvalue weighted by Crippen LogP contribution is 2.54. The summed E-state index contributed by atoms with van der Waals surface area (Å²) in [6, 6.07) is 0. The number of rotatable bonds is 4. The van der Waals surface area contributed by atoms with Gasteiger partial charge in [0, 0.05) is 5.56 Å². The molecule has 0 amide bonds. The highest BCUT2D eigenvalue weighted by Gasteiger charge is 2.30. The lowest BCUT2D eigenvalue weighted by atomic mass is 10.0. The van der Waals surface area contributed by atoms with Gasteiger partial charge in [-0.2, -0.15) is 17.6 Å². The van der Waals surface area contributed by atoms with Crippen LogP contribution in [0.2, 0.25) is 0 Å². The molecular formula is C11H10F4O3S2. The second-order valence-electron chi connectivity index (χ2n) is 3.87. The van der Waals surface area contributed by atoms with E-state index < -0.39 is 27.9 Å². The van der Waals surface area contributed by atoms with E-state index in [0.717, 1.165) is 0 Å². The summed E-state index contributed by atoms with van der Waals surface area (Å²) in [4.78, 5) is -0.803. The highest BCUT2D eigenvalue weighted by molar-refractivity contribution is 8.00. The first kappa shape index (κ1) is 15.4. The van der Waals surface area contributed by atoms with Crippen LogP contribution in [-0.4, -0.2) is 28.3 Å². The Labute approximate surface area is 120 Å². The Hall–Kier alpha value is -0.960. The number of ether oxygens (including phenoxy) is 1. The van der Waals surface area contributed by atoms with Crippen LogP contribution < -0.4 is 4.74 Å². The van der Waals surface area contributed by atoms with Crippen LogP contribution in [0.15, 0.2) is 9.79 Å². The Morgan fingerprint density at radius 1 is 0.950 bits per heavy atom. The Morgan fingerprint density at radius 3 is 2.15 bits per heavy atom. The number of phenolic OH excluding ortho intramolecular Hbond substituents is 2. The van der Waals surface area contributed by atoms with Gasteiger partial charge in [0.05, 0.1) is 16.4 Å². The van der Waals surface area contributed by atoms with Crippen LogP contribution in [0.4, 0.5) is 17.6 Å².